The van der Waals surface area contributed by atoms with E-state index in [0.29, 0.717) is 25.8 Å². The molecule has 186 valence electrons. The van der Waals surface area contributed by atoms with Crippen molar-refractivity contribution in [3.63, 3.8) is 0 Å². The lowest BCUT2D eigenvalue weighted by Gasteiger charge is -2.30. The molecular formula is C22H38N6O5. The van der Waals surface area contributed by atoms with Gasteiger partial charge in [-0.1, -0.05) is 26.7 Å². The second kappa shape index (κ2) is 11.9. The number of hydrogen-bond acceptors (Lipinski definition) is 6. The summed E-state index contributed by atoms with van der Waals surface area (Å²) in [5.41, 5.74) is 12.5. The van der Waals surface area contributed by atoms with E-state index in [4.69, 9.17) is 11.5 Å². The molecular weight excluding hydrogens is 428 g/mol. The molecule has 2 amide bonds. The minimum atomic E-state index is -0.853. The van der Waals surface area contributed by atoms with Crippen LogP contribution >= 0.6 is 0 Å². The van der Waals surface area contributed by atoms with Crippen molar-refractivity contribution in [1.29, 1.82) is 0 Å². The molecule has 2 rings (SSSR count). The normalized spacial score (nSPS) is 26.1. The molecule has 6 N–H and O–H groups in total. The number of methoxy groups -OCH3 is 1. The summed E-state index contributed by atoms with van der Waals surface area (Å²) in [7, 11) is 1.25. The first kappa shape index (κ1) is 26.4. The Kier molecular flexibility index (Phi) is 9.48. The van der Waals surface area contributed by atoms with E-state index >= 15 is 0 Å². The Balaban J connectivity index is 2.14. The van der Waals surface area contributed by atoms with Gasteiger partial charge in [-0.15, -0.1) is 0 Å². The van der Waals surface area contributed by atoms with E-state index in [-0.39, 0.29) is 29.4 Å². The van der Waals surface area contributed by atoms with Gasteiger partial charge in [0.15, 0.2) is 0 Å². The molecule has 1 saturated carbocycles. The predicted octanol–water partition coefficient (Wildman–Crippen LogP) is 1.31. The zero-order valence-corrected chi connectivity index (χ0v) is 20.0. The van der Waals surface area contributed by atoms with Gasteiger partial charge in [0.2, 0.25) is 5.91 Å². The fraction of sp³-hybridized carbons (Fsp3) is 0.773. The highest BCUT2D eigenvalue weighted by Gasteiger charge is 2.37. The van der Waals surface area contributed by atoms with Gasteiger partial charge in [-0.2, -0.15) is 0 Å². The van der Waals surface area contributed by atoms with Crippen molar-refractivity contribution in [3.05, 3.63) is 0 Å². The number of amides is 2. The van der Waals surface area contributed by atoms with Crippen LogP contribution in [0, 0.1) is 17.8 Å². The summed E-state index contributed by atoms with van der Waals surface area (Å²) >= 11 is 0. The molecule has 33 heavy (non-hydrogen) atoms. The van der Waals surface area contributed by atoms with Gasteiger partial charge in [0.25, 0.3) is 0 Å². The first-order valence-corrected chi connectivity index (χ1v) is 11.6. The quantitative estimate of drug-likeness (QED) is 0.308. The van der Waals surface area contributed by atoms with Crippen LogP contribution in [-0.2, 0) is 14.3 Å². The second-order valence-corrected chi connectivity index (χ2v) is 9.12. The Hall–Kier alpha value is -2.85. The summed E-state index contributed by atoms with van der Waals surface area (Å²) < 4.78 is 4.65. The summed E-state index contributed by atoms with van der Waals surface area (Å²) in [6.07, 6.45) is 3.21. The van der Waals surface area contributed by atoms with E-state index in [1.54, 1.807) is 11.8 Å². The maximum atomic E-state index is 13.2. The number of rotatable bonds is 8. The molecule has 0 spiro atoms. The third-order valence-electron chi connectivity index (χ3n) is 6.40. The van der Waals surface area contributed by atoms with Crippen LogP contribution in [0.5, 0.6) is 0 Å². The number of nitrogens with zero attached hydrogens (tertiary/aromatic N) is 3. The predicted molar refractivity (Wildman–Crippen MR) is 125 cm³/mol. The molecule has 11 heteroatoms. The molecule has 0 bridgehead atoms. The summed E-state index contributed by atoms with van der Waals surface area (Å²) in [5.74, 6) is -1.52. The van der Waals surface area contributed by atoms with Crippen LogP contribution in [-0.4, -0.2) is 71.6 Å². The van der Waals surface area contributed by atoms with E-state index in [0.717, 1.165) is 19.3 Å². The van der Waals surface area contributed by atoms with Crippen LogP contribution in [0.1, 0.15) is 59.3 Å². The maximum absolute atomic E-state index is 13.2. The number of aliphatic carboxylic acids is 1. The van der Waals surface area contributed by atoms with Crippen LogP contribution in [0.15, 0.2) is 9.98 Å². The van der Waals surface area contributed by atoms with Gasteiger partial charge in [-0.25, -0.2) is 14.8 Å². The molecule has 2 fully saturated rings. The minimum absolute atomic E-state index is 0.142. The summed E-state index contributed by atoms with van der Waals surface area (Å²) in [4.78, 5) is 46.9. The van der Waals surface area contributed by atoms with Crippen LogP contribution in [0.3, 0.4) is 0 Å². The van der Waals surface area contributed by atoms with Gasteiger partial charge in [-0.3, -0.25) is 9.59 Å². The lowest BCUT2D eigenvalue weighted by atomic mass is 9.78. The van der Waals surface area contributed by atoms with Crippen LogP contribution in [0.2, 0.25) is 0 Å². The molecule has 1 saturated heterocycles. The van der Waals surface area contributed by atoms with Crippen LogP contribution < -0.4 is 16.8 Å². The molecule has 2 aliphatic rings. The number of carboxylic acids is 1. The van der Waals surface area contributed by atoms with Gasteiger partial charge >= 0.3 is 12.1 Å². The monoisotopic (exact) mass is 466 g/mol. The topological polar surface area (TPSA) is 173 Å². The largest absolute Gasteiger partial charge is 0.481 e. The van der Waals surface area contributed by atoms with Gasteiger partial charge in [0.05, 0.1) is 19.1 Å². The highest BCUT2D eigenvalue weighted by Crippen LogP contribution is 2.30. The Morgan fingerprint density at radius 3 is 2.18 bits per heavy atom. The Labute approximate surface area is 195 Å². The third-order valence-corrected chi connectivity index (χ3v) is 6.40. The summed E-state index contributed by atoms with van der Waals surface area (Å²) in [6.45, 7) is 5.93. The van der Waals surface area contributed by atoms with E-state index in [1.165, 1.54) is 7.11 Å². The SMILES string of the molecule is COC(=O)N[C@H](C(=O)N1CCC[C@H]1C(N)=NC(C)N=C(N)C1CCCCC1C(=O)O)C(C)C. The zero-order valence-electron chi connectivity index (χ0n) is 20.0. The van der Waals surface area contributed by atoms with Gasteiger partial charge in [-0.05, 0) is 38.5 Å². The number of likely N-dealkylation sites (tertiary alicyclic amines) is 1. The lowest BCUT2D eigenvalue weighted by molar-refractivity contribution is -0.143. The minimum Gasteiger partial charge on any atom is -0.481 e. The Morgan fingerprint density at radius 2 is 1.61 bits per heavy atom. The summed E-state index contributed by atoms with van der Waals surface area (Å²) in [5, 5.41) is 12.1. The van der Waals surface area contributed by atoms with Crippen molar-refractivity contribution in [2.75, 3.05) is 13.7 Å². The van der Waals surface area contributed by atoms with Crippen molar-refractivity contribution in [1.82, 2.24) is 10.2 Å². The molecule has 0 aromatic heterocycles. The molecule has 1 aliphatic carbocycles. The fourth-order valence-corrected chi connectivity index (χ4v) is 4.64. The number of carboxylic acid groups (broad SMARTS) is 1. The maximum Gasteiger partial charge on any atom is 0.407 e. The number of hydrogen-bond donors (Lipinski definition) is 4. The molecule has 3 unspecified atom stereocenters. The molecule has 11 nitrogen and oxygen atoms in total. The number of nitrogens with two attached hydrogens (primary N) is 2. The van der Waals surface area contributed by atoms with E-state index in [9.17, 15) is 19.5 Å². The van der Waals surface area contributed by atoms with Crippen molar-refractivity contribution in [2.45, 2.75) is 77.5 Å². The number of ether oxygens (including phenoxy) is 1. The fourth-order valence-electron chi connectivity index (χ4n) is 4.64. The average molecular weight is 467 g/mol. The highest BCUT2D eigenvalue weighted by atomic mass is 16.5. The third kappa shape index (κ3) is 6.82. The number of aliphatic imine (C=N–C) groups is 2. The van der Waals surface area contributed by atoms with E-state index in [1.807, 2.05) is 13.8 Å². The standard InChI is InChI=1S/C22H38N6O5/c1-12(2)17(27-22(32)33-4)20(29)28-11-7-10-16(28)19(24)26-13(3)25-18(23)14-8-5-6-9-15(14)21(30)31/h12-17H,5-11H2,1-4H3,(H2,23,25)(H2,24,26)(H,27,32)(H,30,31)/t13?,14?,15?,16-,17-/m0/s1. The second-order valence-electron chi connectivity index (χ2n) is 9.12. The van der Waals surface area contributed by atoms with Gasteiger partial charge in [0.1, 0.15) is 23.9 Å². The molecule has 1 aliphatic heterocycles. The van der Waals surface area contributed by atoms with Crippen molar-refractivity contribution in [2.24, 2.45) is 39.2 Å². The van der Waals surface area contributed by atoms with Crippen molar-refractivity contribution in [3.8, 4) is 0 Å². The molecule has 1 heterocycles. The molecule has 0 aromatic rings. The van der Waals surface area contributed by atoms with Crippen LogP contribution in [0.4, 0.5) is 4.79 Å². The van der Waals surface area contributed by atoms with Crippen molar-refractivity contribution < 1.29 is 24.2 Å². The molecule has 0 aromatic carbocycles. The summed E-state index contributed by atoms with van der Waals surface area (Å²) in [6, 6.07) is -1.14. The van der Waals surface area contributed by atoms with Gasteiger partial charge < -0.3 is 31.5 Å². The zero-order chi connectivity index (χ0) is 24.7. The number of carbonyl (C=O) groups excluding carboxylic acids is 2. The number of amidine groups is 2. The Bertz CT molecular complexity index is 783. The number of carbonyl (C=O) groups is 3. The average Bonchev–Trinajstić information content (AvgIpc) is 3.26. The smallest absolute Gasteiger partial charge is 0.407 e. The molecule has 5 atom stereocenters. The van der Waals surface area contributed by atoms with E-state index < -0.39 is 36.2 Å². The first-order valence-electron chi connectivity index (χ1n) is 11.6. The number of alkyl carbamates (subject to hydrolysis) is 1. The highest BCUT2D eigenvalue weighted by molar-refractivity contribution is 5.94. The lowest BCUT2D eigenvalue weighted by Crippen LogP contribution is -2.54. The number of nitrogens with one attached hydrogen (secondary N) is 1. The van der Waals surface area contributed by atoms with Gasteiger partial charge in [0, 0.05) is 12.5 Å². The van der Waals surface area contributed by atoms with Crippen LogP contribution in [0.25, 0.3) is 0 Å². The Morgan fingerprint density at radius 1 is 1.00 bits per heavy atom. The first-order chi connectivity index (χ1) is 15.6. The molecule has 0 radical (unpaired) electrons. The van der Waals surface area contributed by atoms with E-state index in [2.05, 4.69) is 20.0 Å². The van der Waals surface area contributed by atoms with Crippen molar-refractivity contribution >= 4 is 29.6 Å².